The highest BCUT2D eigenvalue weighted by atomic mass is 16.6. The monoisotopic (exact) mass is 273 g/mol. The Morgan fingerprint density at radius 2 is 1.84 bits per heavy atom. The molecule has 110 valence electrons. The fourth-order valence-corrected chi connectivity index (χ4v) is 1.35. The second-order valence-electron chi connectivity index (χ2n) is 5.35. The molecule has 0 aliphatic carbocycles. The van der Waals surface area contributed by atoms with Crippen molar-refractivity contribution in [3.63, 3.8) is 0 Å². The Balaban J connectivity index is 4.38. The SMILES string of the molecule is CCCCC(=O)N[C@@H](CC(=O)OC(C)(C)C)C(=O)O. The topological polar surface area (TPSA) is 92.7 Å². The molecule has 0 unspecified atom stereocenters. The lowest BCUT2D eigenvalue weighted by atomic mass is 10.1. The molecule has 0 saturated carbocycles. The molecule has 0 radical (unpaired) electrons. The summed E-state index contributed by atoms with van der Waals surface area (Å²) in [6.45, 7) is 7.02. The van der Waals surface area contributed by atoms with E-state index in [9.17, 15) is 14.4 Å². The first-order chi connectivity index (χ1) is 8.65. The molecule has 0 aromatic heterocycles. The number of amides is 1. The van der Waals surface area contributed by atoms with Gasteiger partial charge in [0, 0.05) is 6.42 Å². The van der Waals surface area contributed by atoms with Crippen LogP contribution < -0.4 is 5.32 Å². The summed E-state index contributed by atoms with van der Waals surface area (Å²) in [6.07, 6.45) is 1.42. The largest absolute Gasteiger partial charge is 0.480 e. The van der Waals surface area contributed by atoms with Crippen LogP contribution in [-0.2, 0) is 19.1 Å². The number of carbonyl (C=O) groups is 3. The van der Waals surface area contributed by atoms with Gasteiger partial charge in [-0.15, -0.1) is 0 Å². The van der Waals surface area contributed by atoms with Gasteiger partial charge in [-0.1, -0.05) is 13.3 Å². The molecule has 0 aliphatic rings. The third kappa shape index (κ3) is 9.04. The molecule has 6 nitrogen and oxygen atoms in total. The van der Waals surface area contributed by atoms with Gasteiger partial charge >= 0.3 is 11.9 Å². The first kappa shape index (κ1) is 17.4. The van der Waals surface area contributed by atoms with Crippen molar-refractivity contribution in [3.8, 4) is 0 Å². The third-order valence-electron chi connectivity index (χ3n) is 2.18. The van der Waals surface area contributed by atoms with E-state index in [1.165, 1.54) is 0 Å². The molecule has 0 rings (SSSR count). The van der Waals surface area contributed by atoms with Crippen LogP contribution in [0, 0.1) is 0 Å². The number of nitrogens with one attached hydrogen (secondary N) is 1. The first-order valence-corrected chi connectivity index (χ1v) is 6.39. The molecule has 1 atom stereocenters. The van der Waals surface area contributed by atoms with Crippen molar-refractivity contribution < 1.29 is 24.2 Å². The van der Waals surface area contributed by atoms with Crippen molar-refractivity contribution in [1.29, 1.82) is 0 Å². The van der Waals surface area contributed by atoms with Crippen LogP contribution in [0.1, 0.15) is 53.4 Å². The second-order valence-corrected chi connectivity index (χ2v) is 5.35. The maximum Gasteiger partial charge on any atom is 0.326 e. The number of unbranched alkanes of at least 4 members (excludes halogenated alkanes) is 1. The zero-order valence-corrected chi connectivity index (χ0v) is 12.0. The average molecular weight is 273 g/mol. The van der Waals surface area contributed by atoms with Gasteiger partial charge in [0.15, 0.2) is 0 Å². The molecule has 0 heterocycles. The standard InChI is InChI=1S/C13H23NO5/c1-5-6-7-10(15)14-9(12(17)18)8-11(16)19-13(2,3)4/h9H,5-8H2,1-4H3,(H,14,15)(H,17,18)/t9-/m0/s1. The lowest BCUT2D eigenvalue weighted by Gasteiger charge is -2.21. The van der Waals surface area contributed by atoms with Gasteiger partial charge in [0.1, 0.15) is 11.6 Å². The Morgan fingerprint density at radius 1 is 1.26 bits per heavy atom. The van der Waals surface area contributed by atoms with E-state index in [0.29, 0.717) is 6.42 Å². The summed E-state index contributed by atoms with van der Waals surface area (Å²) in [5.74, 6) is -2.25. The van der Waals surface area contributed by atoms with Crippen molar-refractivity contribution in [2.75, 3.05) is 0 Å². The number of carboxylic acid groups (broad SMARTS) is 1. The van der Waals surface area contributed by atoms with Crippen LogP contribution in [0.5, 0.6) is 0 Å². The van der Waals surface area contributed by atoms with Gasteiger partial charge in [-0.25, -0.2) is 4.79 Å². The molecule has 0 aromatic carbocycles. The van der Waals surface area contributed by atoms with E-state index in [1.54, 1.807) is 20.8 Å². The Morgan fingerprint density at radius 3 is 2.26 bits per heavy atom. The van der Waals surface area contributed by atoms with Crippen molar-refractivity contribution in [2.45, 2.75) is 65.0 Å². The zero-order valence-electron chi connectivity index (χ0n) is 12.0. The molecule has 0 aliphatic heterocycles. The maximum absolute atomic E-state index is 11.5. The smallest absolute Gasteiger partial charge is 0.326 e. The van der Waals surface area contributed by atoms with E-state index in [1.807, 2.05) is 6.92 Å². The normalized spacial score (nSPS) is 12.6. The number of carboxylic acids is 1. The summed E-state index contributed by atoms with van der Waals surface area (Å²) in [6, 6.07) is -1.24. The Bertz CT molecular complexity index is 332. The molecule has 1 amide bonds. The molecular weight excluding hydrogens is 250 g/mol. The van der Waals surface area contributed by atoms with Gasteiger partial charge in [-0.3, -0.25) is 9.59 Å². The lowest BCUT2D eigenvalue weighted by Crippen LogP contribution is -2.43. The number of ether oxygens (including phenoxy) is 1. The molecule has 6 heteroatoms. The van der Waals surface area contributed by atoms with E-state index < -0.39 is 23.6 Å². The number of hydrogen-bond acceptors (Lipinski definition) is 4. The minimum Gasteiger partial charge on any atom is -0.480 e. The van der Waals surface area contributed by atoms with Crippen molar-refractivity contribution >= 4 is 17.8 Å². The summed E-state index contributed by atoms with van der Waals surface area (Å²) in [5.41, 5.74) is -0.674. The van der Waals surface area contributed by atoms with Gasteiger partial charge in [0.25, 0.3) is 0 Å². The minimum absolute atomic E-state index is 0.259. The van der Waals surface area contributed by atoms with Gasteiger partial charge < -0.3 is 15.2 Å². The van der Waals surface area contributed by atoms with Crippen molar-refractivity contribution in [2.24, 2.45) is 0 Å². The molecule has 0 spiro atoms. The van der Waals surface area contributed by atoms with Gasteiger partial charge in [0.2, 0.25) is 5.91 Å². The highest BCUT2D eigenvalue weighted by Gasteiger charge is 2.26. The molecule has 0 saturated heterocycles. The first-order valence-electron chi connectivity index (χ1n) is 6.39. The fraction of sp³-hybridized carbons (Fsp3) is 0.769. The van der Waals surface area contributed by atoms with E-state index in [0.717, 1.165) is 6.42 Å². The van der Waals surface area contributed by atoms with Crippen molar-refractivity contribution in [1.82, 2.24) is 5.32 Å². The van der Waals surface area contributed by atoms with E-state index in [-0.39, 0.29) is 18.7 Å². The second kappa shape index (κ2) is 7.76. The Labute approximate surface area is 113 Å². The van der Waals surface area contributed by atoms with Crippen LogP contribution in [0.4, 0.5) is 0 Å². The van der Waals surface area contributed by atoms with Crippen molar-refractivity contribution in [3.05, 3.63) is 0 Å². The summed E-state index contributed by atoms with van der Waals surface area (Å²) in [7, 11) is 0. The van der Waals surface area contributed by atoms with E-state index in [4.69, 9.17) is 9.84 Å². The molecule has 19 heavy (non-hydrogen) atoms. The third-order valence-corrected chi connectivity index (χ3v) is 2.18. The van der Waals surface area contributed by atoms with E-state index >= 15 is 0 Å². The molecule has 0 bridgehead atoms. The molecule has 2 N–H and O–H groups in total. The van der Waals surface area contributed by atoms with Crippen LogP contribution in [-0.4, -0.2) is 34.6 Å². The predicted octanol–water partition coefficient (Wildman–Crippen LogP) is 1.48. The van der Waals surface area contributed by atoms with Crippen LogP contribution in [0.2, 0.25) is 0 Å². The minimum atomic E-state index is -1.24. The summed E-state index contributed by atoms with van der Waals surface area (Å²) in [4.78, 5) is 34.0. The van der Waals surface area contributed by atoms with Crippen LogP contribution in [0.15, 0.2) is 0 Å². The Kier molecular flexibility index (Phi) is 7.11. The average Bonchev–Trinajstić information content (AvgIpc) is 2.22. The highest BCUT2D eigenvalue weighted by molar-refractivity contribution is 5.87. The number of hydrogen-bond donors (Lipinski definition) is 2. The summed E-state index contributed by atoms with van der Waals surface area (Å²) >= 11 is 0. The van der Waals surface area contributed by atoms with Crippen LogP contribution in [0.25, 0.3) is 0 Å². The summed E-state index contributed by atoms with van der Waals surface area (Å²) < 4.78 is 5.03. The molecule has 0 fully saturated rings. The zero-order chi connectivity index (χ0) is 15.1. The number of esters is 1. The maximum atomic E-state index is 11.5. The molecule has 0 aromatic rings. The Hall–Kier alpha value is -1.59. The quantitative estimate of drug-likeness (QED) is 0.685. The van der Waals surface area contributed by atoms with Gasteiger partial charge in [-0.2, -0.15) is 0 Å². The van der Waals surface area contributed by atoms with Crippen LogP contribution >= 0.6 is 0 Å². The van der Waals surface area contributed by atoms with Gasteiger partial charge in [-0.05, 0) is 27.2 Å². The fourth-order valence-electron chi connectivity index (χ4n) is 1.35. The number of aliphatic carboxylic acids is 1. The predicted molar refractivity (Wildman–Crippen MR) is 69.6 cm³/mol. The number of rotatable bonds is 7. The van der Waals surface area contributed by atoms with E-state index in [2.05, 4.69) is 5.32 Å². The number of carbonyl (C=O) groups excluding carboxylic acids is 2. The summed E-state index contributed by atoms with van der Waals surface area (Å²) in [5, 5.41) is 11.3. The molecular formula is C13H23NO5. The lowest BCUT2D eigenvalue weighted by molar-refractivity contribution is -0.158. The van der Waals surface area contributed by atoms with Crippen LogP contribution in [0.3, 0.4) is 0 Å². The highest BCUT2D eigenvalue weighted by Crippen LogP contribution is 2.09. The van der Waals surface area contributed by atoms with Gasteiger partial charge in [0.05, 0.1) is 6.42 Å².